The Morgan fingerprint density at radius 3 is 2.83 bits per heavy atom. The summed E-state index contributed by atoms with van der Waals surface area (Å²) in [6, 6.07) is 4.00. The van der Waals surface area contributed by atoms with Crippen molar-refractivity contribution in [3.05, 3.63) is 39.4 Å². The van der Waals surface area contributed by atoms with Gasteiger partial charge in [-0.15, -0.1) is 11.3 Å². The average Bonchev–Trinajstić information content (AvgIpc) is 2.96. The number of aliphatic hydroxyl groups excluding tert-OH is 1. The Kier molecular flexibility index (Phi) is 4.16. The minimum Gasteiger partial charge on any atom is -0.386 e. The number of nitrogens with one attached hydrogen (secondary N) is 1. The molecule has 0 radical (unpaired) electrons. The van der Waals surface area contributed by atoms with E-state index < -0.39 is 6.10 Å². The summed E-state index contributed by atoms with van der Waals surface area (Å²) < 4.78 is 5.15. The number of hydrogen-bond acceptors (Lipinski definition) is 5. The molecule has 4 nitrogen and oxygen atoms in total. The molecule has 18 heavy (non-hydrogen) atoms. The van der Waals surface area contributed by atoms with Gasteiger partial charge >= 0.3 is 0 Å². The second kappa shape index (κ2) is 5.65. The summed E-state index contributed by atoms with van der Waals surface area (Å²) in [6.45, 7) is 6.41. The lowest BCUT2D eigenvalue weighted by atomic mass is 10.1. The van der Waals surface area contributed by atoms with Crippen LogP contribution in [0.4, 0.5) is 0 Å². The lowest BCUT2D eigenvalue weighted by molar-refractivity contribution is 0.174. The first-order chi connectivity index (χ1) is 8.59. The molecule has 0 amide bonds. The number of aliphatic hydroxyl groups is 1. The number of rotatable bonds is 5. The van der Waals surface area contributed by atoms with E-state index in [-0.39, 0.29) is 6.04 Å². The summed E-state index contributed by atoms with van der Waals surface area (Å²) in [5.74, 6) is 0.832. The third-order valence-corrected chi connectivity index (χ3v) is 3.98. The second-order valence-electron chi connectivity index (χ2n) is 4.40. The van der Waals surface area contributed by atoms with Crippen LogP contribution in [0.3, 0.4) is 0 Å². The van der Waals surface area contributed by atoms with Gasteiger partial charge in [0.15, 0.2) is 0 Å². The summed E-state index contributed by atoms with van der Waals surface area (Å²) in [6.07, 6.45) is -0.465. The van der Waals surface area contributed by atoms with E-state index in [0.29, 0.717) is 6.54 Å². The molecular formula is C13H18N2O2S. The highest BCUT2D eigenvalue weighted by Gasteiger charge is 2.17. The monoisotopic (exact) mass is 266 g/mol. The van der Waals surface area contributed by atoms with E-state index in [0.717, 1.165) is 21.9 Å². The molecule has 5 heteroatoms. The van der Waals surface area contributed by atoms with Gasteiger partial charge in [0, 0.05) is 23.0 Å². The molecule has 0 aliphatic heterocycles. The third-order valence-electron chi connectivity index (χ3n) is 3.01. The van der Waals surface area contributed by atoms with Gasteiger partial charge in [0.05, 0.1) is 5.69 Å². The van der Waals surface area contributed by atoms with Gasteiger partial charge in [0.1, 0.15) is 11.9 Å². The van der Waals surface area contributed by atoms with E-state index in [1.807, 2.05) is 38.3 Å². The van der Waals surface area contributed by atoms with Crippen LogP contribution < -0.4 is 5.32 Å². The lowest BCUT2D eigenvalue weighted by Gasteiger charge is -2.16. The van der Waals surface area contributed by atoms with Crippen molar-refractivity contribution in [3.63, 3.8) is 0 Å². The highest BCUT2D eigenvalue weighted by atomic mass is 32.1. The summed E-state index contributed by atoms with van der Waals surface area (Å²) in [5, 5.41) is 19.2. The highest BCUT2D eigenvalue weighted by Crippen LogP contribution is 2.23. The predicted molar refractivity (Wildman–Crippen MR) is 71.7 cm³/mol. The number of aromatic nitrogens is 1. The molecule has 0 saturated carbocycles. The Hall–Kier alpha value is -1.17. The maximum atomic E-state index is 10.0. The maximum Gasteiger partial charge on any atom is 0.138 e. The van der Waals surface area contributed by atoms with Crippen molar-refractivity contribution in [3.8, 4) is 0 Å². The molecule has 2 atom stereocenters. The first-order valence-electron chi connectivity index (χ1n) is 5.97. The van der Waals surface area contributed by atoms with Crippen LogP contribution in [0.15, 0.2) is 22.0 Å². The molecule has 2 unspecified atom stereocenters. The smallest absolute Gasteiger partial charge is 0.138 e. The van der Waals surface area contributed by atoms with Crippen molar-refractivity contribution < 1.29 is 9.63 Å². The molecule has 0 bridgehead atoms. The summed E-state index contributed by atoms with van der Waals surface area (Å²) >= 11 is 1.57. The molecule has 98 valence electrons. The van der Waals surface area contributed by atoms with Crippen LogP contribution >= 0.6 is 11.3 Å². The number of hydrogen-bond donors (Lipinski definition) is 2. The normalized spacial score (nSPS) is 14.7. The highest BCUT2D eigenvalue weighted by molar-refractivity contribution is 7.10. The maximum absolute atomic E-state index is 10.0. The Morgan fingerprint density at radius 2 is 2.28 bits per heavy atom. The van der Waals surface area contributed by atoms with Crippen molar-refractivity contribution in [2.45, 2.75) is 32.9 Å². The van der Waals surface area contributed by atoms with Crippen LogP contribution in [0.1, 0.15) is 41.0 Å². The van der Waals surface area contributed by atoms with E-state index in [9.17, 15) is 5.11 Å². The molecule has 2 aromatic heterocycles. The molecule has 0 aromatic carbocycles. The van der Waals surface area contributed by atoms with Gasteiger partial charge < -0.3 is 14.9 Å². The van der Waals surface area contributed by atoms with Crippen molar-refractivity contribution in [2.75, 3.05) is 6.54 Å². The van der Waals surface area contributed by atoms with Crippen LogP contribution in [0.5, 0.6) is 0 Å². The average molecular weight is 266 g/mol. The number of aryl methyl sites for hydroxylation is 2. The third kappa shape index (κ3) is 2.80. The van der Waals surface area contributed by atoms with Gasteiger partial charge in [0.2, 0.25) is 0 Å². The zero-order valence-electron chi connectivity index (χ0n) is 10.8. The van der Waals surface area contributed by atoms with E-state index in [4.69, 9.17) is 4.52 Å². The predicted octanol–water partition coefficient (Wildman–Crippen LogP) is 2.74. The van der Waals surface area contributed by atoms with E-state index in [1.165, 1.54) is 0 Å². The van der Waals surface area contributed by atoms with Crippen LogP contribution in [0.25, 0.3) is 0 Å². The van der Waals surface area contributed by atoms with Crippen molar-refractivity contribution in [1.82, 2.24) is 10.5 Å². The Morgan fingerprint density at radius 1 is 1.50 bits per heavy atom. The van der Waals surface area contributed by atoms with Gasteiger partial charge in [-0.3, -0.25) is 0 Å². The quantitative estimate of drug-likeness (QED) is 0.873. The van der Waals surface area contributed by atoms with Gasteiger partial charge in [-0.1, -0.05) is 11.2 Å². The summed E-state index contributed by atoms with van der Waals surface area (Å²) in [7, 11) is 0. The molecular weight excluding hydrogens is 248 g/mol. The van der Waals surface area contributed by atoms with E-state index in [2.05, 4.69) is 10.5 Å². The van der Waals surface area contributed by atoms with E-state index in [1.54, 1.807) is 11.3 Å². The van der Waals surface area contributed by atoms with E-state index >= 15 is 0 Å². The topological polar surface area (TPSA) is 58.3 Å². The van der Waals surface area contributed by atoms with Gasteiger partial charge in [0.25, 0.3) is 0 Å². The summed E-state index contributed by atoms with van der Waals surface area (Å²) in [5.41, 5.74) is 1.98. The molecule has 0 fully saturated rings. The standard InChI is InChI=1S/C13H18N2O2S/c1-8(13-9(2)15-17-10(13)3)14-7-11(16)12-5-4-6-18-12/h4-6,8,11,14,16H,7H2,1-3H3. The Bertz CT molecular complexity index is 474. The molecule has 2 heterocycles. The zero-order chi connectivity index (χ0) is 13.1. The molecule has 0 aliphatic rings. The number of thiophene rings is 1. The number of nitrogens with zero attached hydrogens (tertiary/aromatic N) is 1. The Labute approximate surface area is 111 Å². The molecule has 0 spiro atoms. The first kappa shape index (κ1) is 13.3. The van der Waals surface area contributed by atoms with Crippen molar-refractivity contribution >= 4 is 11.3 Å². The Balaban J connectivity index is 1.95. The largest absolute Gasteiger partial charge is 0.386 e. The van der Waals surface area contributed by atoms with Gasteiger partial charge in [-0.2, -0.15) is 0 Å². The fraction of sp³-hybridized carbons (Fsp3) is 0.462. The minimum atomic E-state index is -0.465. The molecule has 2 N–H and O–H groups in total. The molecule has 2 aromatic rings. The second-order valence-corrected chi connectivity index (χ2v) is 5.38. The van der Waals surface area contributed by atoms with Crippen molar-refractivity contribution in [1.29, 1.82) is 0 Å². The first-order valence-corrected chi connectivity index (χ1v) is 6.85. The van der Waals surface area contributed by atoms with Gasteiger partial charge in [-0.25, -0.2) is 0 Å². The van der Waals surface area contributed by atoms with Crippen LogP contribution in [-0.4, -0.2) is 16.8 Å². The molecule has 0 aliphatic carbocycles. The molecule has 2 rings (SSSR count). The van der Waals surface area contributed by atoms with Gasteiger partial charge in [-0.05, 0) is 32.2 Å². The van der Waals surface area contributed by atoms with Crippen molar-refractivity contribution in [2.24, 2.45) is 0 Å². The van der Waals surface area contributed by atoms with Crippen LogP contribution in [-0.2, 0) is 0 Å². The fourth-order valence-corrected chi connectivity index (χ4v) is 2.79. The van der Waals surface area contributed by atoms with Crippen LogP contribution in [0, 0.1) is 13.8 Å². The minimum absolute atomic E-state index is 0.117. The summed E-state index contributed by atoms with van der Waals surface area (Å²) in [4.78, 5) is 0.980. The SMILES string of the molecule is Cc1noc(C)c1C(C)NCC(O)c1cccs1. The van der Waals surface area contributed by atoms with Crippen LogP contribution in [0.2, 0.25) is 0 Å². The fourth-order valence-electron chi connectivity index (χ4n) is 2.08. The molecule has 0 saturated heterocycles. The zero-order valence-corrected chi connectivity index (χ0v) is 11.6. The lowest BCUT2D eigenvalue weighted by Crippen LogP contribution is -2.25.